The van der Waals surface area contributed by atoms with Gasteiger partial charge in [0, 0.05) is 18.9 Å². The van der Waals surface area contributed by atoms with E-state index in [0.29, 0.717) is 59.3 Å². The van der Waals surface area contributed by atoms with Crippen molar-refractivity contribution in [3.8, 4) is 0 Å². The minimum atomic E-state index is -0.131. The summed E-state index contributed by atoms with van der Waals surface area (Å²) in [5.74, 6) is 0.617. The zero-order valence-corrected chi connectivity index (χ0v) is 19.2. The first-order chi connectivity index (χ1) is 14.3. The predicted molar refractivity (Wildman–Crippen MR) is 117 cm³/mol. The molecule has 0 radical (unpaired) electrons. The molecule has 0 heterocycles. The first-order valence-electron chi connectivity index (χ1n) is 11.3. The molecule has 174 valence electrons. The molecule has 6 nitrogen and oxygen atoms in total. The molecule has 0 rings (SSSR count). The average Bonchev–Trinajstić information content (AvgIpc) is 2.72. The molecular formula is C22H43ClO6. The maximum atomic E-state index is 11.5. The summed E-state index contributed by atoms with van der Waals surface area (Å²) in [5.41, 5.74) is 0. The van der Waals surface area contributed by atoms with Gasteiger partial charge in [-0.05, 0) is 19.3 Å². The number of carbonyl (C=O) groups is 1. The van der Waals surface area contributed by atoms with Crippen LogP contribution in [0.3, 0.4) is 0 Å². The van der Waals surface area contributed by atoms with Crippen LogP contribution < -0.4 is 0 Å². The van der Waals surface area contributed by atoms with Crippen molar-refractivity contribution in [3.63, 3.8) is 0 Å². The van der Waals surface area contributed by atoms with Crippen molar-refractivity contribution in [2.75, 3.05) is 65.3 Å². The minimum Gasteiger partial charge on any atom is -0.463 e. The van der Waals surface area contributed by atoms with Gasteiger partial charge in [-0.25, -0.2) is 0 Å². The van der Waals surface area contributed by atoms with Gasteiger partial charge < -0.3 is 23.7 Å². The molecule has 29 heavy (non-hydrogen) atoms. The van der Waals surface area contributed by atoms with Crippen LogP contribution in [-0.4, -0.2) is 71.3 Å². The lowest BCUT2D eigenvalue weighted by atomic mass is 10.1. The number of esters is 1. The van der Waals surface area contributed by atoms with E-state index in [9.17, 15) is 4.79 Å². The number of unbranched alkanes of at least 4 members (excludes halogenated alkanes) is 7. The lowest BCUT2D eigenvalue weighted by molar-refractivity contribution is -0.145. The van der Waals surface area contributed by atoms with E-state index in [1.807, 2.05) is 0 Å². The molecule has 7 heteroatoms. The Morgan fingerprint density at radius 2 is 1.07 bits per heavy atom. The van der Waals surface area contributed by atoms with Crippen LogP contribution in [0, 0.1) is 0 Å². The van der Waals surface area contributed by atoms with Crippen molar-refractivity contribution in [1.29, 1.82) is 0 Å². The topological polar surface area (TPSA) is 63.2 Å². The molecule has 0 aromatic carbocycles. The van der Waals surface area contributed by atoms with Crippen molar-refractivity contribution in [2.24, 2.45) is 0 Å². The number of alkyl halides is 1. The number of carbonyl (C=O) groups excluding carboxylic acids is 1. The first-order valence-corrected chi connectivity index (χ1v) is 11.9. The predicted octanol–water partition coefficient (Wildman–Crippen LogP) is 4.76. The lowest BCUT2D eigenvalue weighted by Crippen LogP contribution is -2.14. The van der Waals surface area contributed by atoms with Gasteiger partial charge in [-0.3, -0.25) is 4.79 Å². The minimum absolute atomic E-state index is 0.131. The van der Waals surface area contributed by atoms with Crippen molar-refractivity contribution in [3.05, 3.63) is 0 Å². The van der Waals surface area contributed by atoms with E-state index in [1.54, 1.807) is 0 Å². The molecule has 0 amide bonds. The second kappa shape index (κ2) is 25.6. The molecule has 0 saturated heterocycles. The van der Waals surface area contributed by atoms with Crippen molar-refractivity contribution >= 4 is 17.6 Å². The highest BCUT2D eigenvalue weighted by Gasteiger charge is 2.02. The quantitative estimate of drug-likeness (QED) is 0.123. The molecule has 0 aliphatic heterocycles. The van der Waals surface area contributed by atoms with Crippen LogP contribution in [0.5, 0.6) is 0 Å². The molecule has 0 saturated carbocycles. The molecular weight excluding hydrogens is 396 g/mol. The highest BCUT2D eigenvalue weighted by atomic mass is 35.5. The number of hydrogen-bond donors (Lipinski definition) is 0. The Hall–Kier alpha value is -0.400. The van der Waals surface area contributed by atoms with Gasteiger partial charge in [-0.15, -0.1) is 11.6 Å². The normalized spacial score (nSPS) is 11.1. The average molecular weight is 439 g/mol. The molecule has 0 spiro atoms. The van der Waals surface area contributed by atoms with Crippen molar-refractivity contribution < 1.29 is 28.5 Å². The zero-order chi connectivity index (χ0) is 21.3. The van der Waals surface area contributed by atoms with Gasteiger partial charge in [0.2, 0.25) is 0 Å². The lowest BCUT2D eigenvalue weighted by Gasteiger charge is -2.08. The van der Waals surface area contributed by atoms with Crippen LogP contribution in [0.4, 0.5) is 0 Å². The Labute approximate surface area is 182 Å². The van der Waals surface area contributed by atoms with Gasteiger partial charge in [0.1, 0.15) is 6.61 Å². The molecule has 0 aromatic rings. The molecule has 0 aliphatic rings. The van der Waals surface area contributed by atoms with Crippen LogP contribution >= 0.6 is 11.6 Å². The van der Waals surface area contributed by atoms with Gasteiger partial charge in [-0.1, -0.05) is 45.4 Å². The number of hydrogen-bond acceptors (Lipinski definition) is 6. The Kier molecular flexibility index (Phi) is 25.3. The van der Waals surface area contributed by atoms with Gasteiger partial charge in [0.05, 0.1) is 46.2 Å². The first kappa shape index (κ1) is 28.6. The maximum Gasteiger partial charge on any atom is 0.305 e. The Balaban J connectivity index is 3.08. The standard InChI is InChI=1S/C22H43ClO6/c1-2-3-4-5-8-11-22(24)29-21-20-28-19-18-27-17-16-26-15-14-25-13-10-7-6-9-12-23/h2-21H2,1H3. The van der Waals surface area contributed by atoms with Crippen LogP contribution in [-0.2, 0) is 28.5 Å². The van der Waals surface area contributed by atoms with E-state index in [0.717, 1.165) is 38.2 Å². The summed E-state index contributed by atoms with van der Waals surface area (Å²) < 4.78 is 26.9. The molecule has 0 N–H and O–H groups in total. The third-order valence-electron chi connectivity index (χ3n) is 4.26. The second-order valence-electron chi connectivity index (χ2n) is 6.94. The summed E-state index contributed by atoms with van der Waals surface area (Å²) in [7, 11) is 0. The monoisotopic (exact) mass is 438 g/mol. The Morgan fingerprint density at radius 3 is 1.66 bits per heavy atom. The molecule has 0 aromatic heterocycles. The van der Waals surface area contributed by atoms with E-state index >= 15 is 0 Å². The van der Waals surface area contributed by atoms with Gasteiger partial charge in [0.15, 0.2) is 0 Å². The fourth-order valence-corrected chi connectivity index (χ4v) is 2.76. The summed E-state index contributed by atoms with van der Waals surface area (Å²) in [6.45, 7) is 6.97. The SMILES string of the molecule is CCCCCCCC(=O)OCCOCCOCCOCCOCCCCCCCl. The Bertz CT molecular complexity index is 330. The van der Waals surface area contributed by atoms with Gasteiger partial charge in [0.25, 0.3) is 0 Å². The third-order valence-corrected chi connectivity index (χ3v) is 4.53. The molecule has 0 unspecified atom stereocenters. The zero-order valence-electron chi connectivity index (χ0n) is 18.5. The number of rotatable bonds is 24. The molecule has 0 fully saturated rings. The van der Waals surface area contributed by atoms with E-state index in [-0.39, 0.29) is 5.97 Å². The summed E-state index contributed by atoms with van der Waals surface area (Å²) >= 11 is 5.63. The van der Waals surface area contributed by atoms with E-state index < -0.39 is 0 Å². The highest BCUT2D eigenvalue weighted by molar-refractivity contribution is 6.17. The van der Waals surface area contributed by atoms with Crippen LogP contribution in [0.2, 0.25) is 0 Å². The van der Waals surface area contributed by atoms with Crippen LogP contribution in [0.25, 0.3) is 0 Å². The summed E-state index contributed by atoms with van der Waals surface area (Å²) in [6.07, 6.45) is 10.7. The molecule has 0 atom stereocenters. The van der Waals surface area contributed by atoms with Crippen LogP contribution in [0.1, 0.15) is 71.1 Å². The van der Waals surface area contributed by atoms with E-state index in [4.69, 9.17) is 35.3 Å². The van der Waals surface area contributed by atoms with Gasteiger partial charge in [-0.2, -0.15) is 0 Å². The fourth-order valence-electron chi connectivity index (χ4n) is 2.57. The molecule has 0 aliphatic carbocycles. The summed E-state index contributed by atoms with van der Waals surface area (Å²) in [5, 5.41) is 0. The third kappa shape index (κ3) is 25.6. The maximum absolute atomic E-state index is 11.5. The van der Waals surface area contributed by atoms with E-state index in [1.165, 1.54) is 32.1 Å². The van der Waals surface area contributed by atoms with Crippen molar-refractivity contribution in [1.82, 2.24) is 0 Å². The smallest absolute Gasteiger partial charge is 0.305 e. The van der Waals surface area contributed by atoms with Crippen molar-refractivity contribution in [2.45, 2.75) is 71.1 Å². The molecule has 0 bridgehead atoms. The summed E-state index contributed by atoms with van der Waals surface area (Å²) in [4.78, 5) is 11.5. The Morgan fingerprint density at radius 1 is 0.586 bits per heavy atom. The van der Waals surface area contributed by atoms with Gasteiger partial charge >= 0.3 is 5.97 Å². The fraction of sp³-hybridized carbons (Fsp3) is 0.955. The van der Waals surface area contributed by atoms with Crippen LogP contribution in [0.15, 0.2) is 0 Å². The highest BCUT2D eigenvalue weighted by Crippen LogP contribution is 2.05. The largest absolute Gasteiger partial charge is 0.463 e. The number of halogens is 1. The van der Waals surface area contributed by atoms with E-state index in [2.05, 4.69) is 6.92 Å². The number of ether oxygens (including phenoxy) is 5. The summed E-state index contributed by atoms with van der Waals surface area (Å²) in [6, 6.07) is 0. The second-order valence-corrected chi connectivity index (χ2v) is 7.32.